The second kappa shape index (κ2) is 7.06. The van der Waals surface area contributed by atoms with E-state index in [0.717, 1.165) is 0 Å². The summed E-state index contributed by atoms with van der Waals surface area (Å²) >= 11 is 5.51. The third kappa shape index (κ3) is 5.22. The van der Waals surface area contributed by atoms with E-state index in [-0.39, 0.29) is 0 Å². The molecule has 4 nitrogen and oxygen atoms in total. The summed E-state index contributed by atoms with van der Waals surface area (Å²) in [5.41, 5.74) is 0. The van der Waals surface area contributed by atoms with E-state index in [1.165, 1.54) is 11.8 Å². The molecule has 0 fully saturated rings. The molecule has 1 atom stereocenters. The van der Waals surface area contributed by atoms with Crippen LogP contribution in [0, 0.1) is 0 Å². The van der Waals surface area contributed by atoms with Gasteiger partial charge >= 0.3 is 6.03 Å². The summed E-state index contributed by atoms with van der Waals surface area (Å²) in [5, 5.41) is 1.44. The fourth-order valence-electron chi connectivity index (χ4n) is 0.836. The lowest BCUT2D eigenvalue weighted by Gasteiger charge is -2.19. The van der Waals surface area contributed by atoms with Gasteiger partial charge in [0.2, 0.25) is 5.91 Å². The molecular weight excluding hydrogens is 216 g/mol. The van der Waals surface area contributed by atoms with E-state index in [0.29, 0.717) is 13.1 Å². The van der Waals surface area contributed by atoms with Crippen molar-refractivity contribution in [1.29, 1.82) is 0 Å². The summed E-state index contributed by atoms with van der Waals surface area (Å²) in [6.45, 7) is 9.22. The SMILES string of the molecule is C=CCN(CC=C)C(=O)NC(=O)C(C)Cl. The lowest BCUT2D eigenvalue weighted by molar-refractivity contribution is -0.119. The van der Waals surface area contributed by atoms with E-state index in [2.05, 4.69) is 18.5 Å². The standard InChI is InChI=1S/C10H15ClN2O2/c1-4-6-13(7-5-2)10(15)12-9(14)8(3)11/h4-5,8H,1-2,6-7H2,3H3,(H,12,14,15). The van der Waals surface area contributed by atoms with Gasteiger partial charge in [-0.1, -0.05) is 12.2 Å². The van der Waals surface area contributed by atoms with Gasteiger partial charge in [-0.05, 0) is 6.92 Å². The Morgan fingerprint density at radius 3 is 2.20 bits per heavy atom. The van der Waals surface area contributed by atoms with Gasteiger partial charge in [-0.25, -0.2) is 4.79 Å². The molecule has 0 aromatic rings. The molecule has 0 aliphatic rings. The second-order valence-electron chi connectivity index (χ2n) is 2.89. The quantitative estimate of drug-likeness (QED) is 0.575. The maximum atomic E-state index is 11.5. The van der Waals surface area contributed by atoms with E-state index < -0.39 is 17.3 Å². The van der Waals surface area contributed by atoms with Gasteiger partial charge in [-0.2, -0.15) is 0 Å². The number of nitrogens with one attached hydrogen (secondary N) is 1. The molecule has 0 saturated heterocycles. The average Bonchev–Trinajstić information content (AvgIpc) is 2.17. The van der Waals surface area contributed by atoms with Crippen molar-refractivity contribution in [1.82, 2.24) is 10.2 Å². The summed E-state index contributed by atoms with van der Waals surface area (Å²) in [6, 6.07) is -0.493. The number of hydrogen-bond acceptors (Lipinski definition) is 2. The number of hydrogen-bond donors (Lipinski definition) is 1. The Morgan fingerprint density at radius 1 is 1.40 bits per heavy atom. The van der Waals surface area contributed by atoms with Crippen molar-refractivity contribution < 1.29 is 9.59 Å². The van der Waals surface area contributed by atoms with Gasteiger partial charge in [0.1, 0.15) is 5.38 Å². The van der Waals surface area contributed by atoms with Crippen LogP contribution in [0.3, 0.4) is 0 Å². The first-order valence-corrected chi connectivity index (χ1v) is 4.92. The Bertz CT molecular complexity index is 254. The number of carbonyl (C=O) groups excluding carboxylic acids is 2. The van der Waals surface area contributed by atoms with Crippen LogP contribution in [0.25, 0.3) is 0 Å². The van der Waals surface area contributed by atoms with Gasteiger partial charge in [0.15, 0.2) is 0 Å². The van der Waals surface area contributed by atoms with Crippen LogP contribution in [0.2, 0.25) is 0 Å². The summed E-state index contributed by atoms with van der Waals surface area (Å²) in [5.74, 6) is -0.514. The number of alkyl halides is 1. The maximum absolute atomic E-state index is 11.5. The van der Waals surface area contributed by atoms with Gasteiger partial charge in [0, 0.05) is 13.1 Å². The Kier molecular flexibility index (Phi) is 6.45. The highest BCUT2D eigenvalue weighted by atomic mass is 35.5. The Morgan fingerprint density at radius 2 is 1.87 bits per heavy atom. The molecule has 0 aliphatic heterocycles. The molecule has 1 N–H and O–H groups in total. The summed E-state index contributed by atoms with van der Waals surface area (Å²) in [7, 11) is 0. The van der Waals surface area contributed by atoms with Crippen LogP contribution in [0.1, 0.15) is 6.92 Å². The molecule has 0 aromatic carbocycles. The van der Waals surface area contributed by atoms with Crippen LogP contribution in [-0.4, -0.2) is 35.3 Å². The lowest BCUT2D eigenvalue weighted by Crippen LogP contribution is -2.45. The molecule has 3 amide bonds. The number of halogens is 1. The number of urea groups is 1. The van der Waals surface area contributed by atoms with Crippen molar-refractivity contribution in [2.45, 2.75) is 12.3 Å². The summed E-state index contributed by atoms with van der Waals surface area (Å²) in [6.07, 6.45) is 3.13. The van der Waals surface area contributed by atoms with E-state index in [9.17, 15) is 9.59 Å². The minimum atomic E-state index is -0.733. The van der Waals surface area contributed by atoms with Crippen LogP contribution in [0.5, 0.6) is 0 Å². The molecule has 84 valence electrons. The summed E-state index contributed by atoms with van der Waals surface area (Å²) in [4.78, 5) is 24.0. The molecule has 1 unspecified atom stereocenters. The highest BCUT2D eigenvalue weighted by Gasteiger charge is 2.16. The molecule has 0 spiro atoms. The Labute approximate surface area is 94.6 Å². The van der Waals surface area contributed by atoms with Crippen molar-refractivity contribution in [3.63, 3.8) is 0 Å². The van der Waals surface area contributed by atoms with Gasteiger partial charge in [-0.15, -0.1) is 24.8 Å². The third-order valence-electron chi connectivity index (χ3n) is 1.58. The number of imide groups is 1. The van der Waals surface area contributed by atoms with E-state index in [1.54, 1.807) is 12.2 Å². The molecule has 5 heteroatoms. The number of amides is 3. The summed E-state index contributed by atoms with van der Waals surface area (Å²) < 4.78 is 0. The monoisotopic (exact) mass is 230 g/mol. The average molecular weight is 231 g/mol. The smallest absolute Gasteiger partial charge is 0.317 e. The molecule has 0 saturated carbocycles. The highest BCUT2D eigenvalue weighted by Crippen LogP contribution is 1.95. The zero-order valence-electron chi connectivity index (χ0n) is 8.70. The number of nitrogens with zero attached hydrogens (tertiary/aromatic N) is 1. The van der Waals surface area contributed by atoms with E-state index in [1.807, 2.05) is 0 Å². The fourth-order valence-corrected chi connectivity index (χ4v) is 0.890. The van der Waals surface area contributed by atoms with Crippen molar-refractivity contribution in [3.8, 4) is 0 Å². The predicted molar refractivity (Wildman–Crippen MR) is 60.8 cm³/mol. The molecule has 15 heavy (non-hydrogen) atoms. The minimum Gasteiger partial charge on any atom is -0.317 e. The lowest BCUT2D eigenvalue weighted by atomic mass is 10.4. The van der Waals surface area contributed by atoms with Crippen molar-refractivity contribution in [3.05, 3.63) is 25.3 Å². The second-order valence-corrected chi connectivity index (χ2v) is 3.55. The van der Waals surface area contributed by atoms with E-state index >= 15 is 0 Å². The number of rotatable bonds is 5. The van der Waals surface area contributed by atoms with E-state index in [4.69, 9.17) is 11.6 Å². The molecule has 0 rings (SSSR count). The molecular formula is C10H15ClN2O2. The first kappa shape index (κ1) is 13.7. The van der Waals surface area contributed by atoms with Crippen LogP contribution in [0.4, 0.5) is 4.79 Å². The third-order valence-corrected chi connectivity index (χ3v) is 1.78. The van der Waals surface area contributed by atoms with Crippen molar-refractivity contribution in [2.75, 3.05) is 13.1 Å². The largest absolute Gasteiger partial charge is 0.324 e. The van der Waals surface area contributed by atoms with Gasteiger partial charge in [0.25, 0.3) is 0 Å². The van der Waals surface area contributed by atoms with Crippen LogP contribution < -0.4 is 5.32 Å². The highest BCUT2D eigenvalue weighted by molar-refractivity contribution is 6.31. The number of carbonyl (C=O) groups is 2. The van der Waals surface area contributed by atoms with Gasteiger partial charge < -0.3 is 4.90 Å². The van der Waals surface area contributed by atoms with Crippen LogP contribution in [0.15, 0.2) is 25.3 Å². The fraction of sp³-hybridized carbons (Fsp3) is 0.400. The molecule has 0 heterocycles. The first-order chi connectivity index (χ1) is 7.02. The first-order valence-electron chi connectivity index (χ1n) is 4.48. The Balaban J connectivity index is 4.30. The zero-order valence-corrected chi connectivity index (χ0v) is 9.46. The molecule has 0 aromatic heterocycles. The normalized spacial score (nSPS) is 11.3. The predicted octanol–water partition coefficient (Wildman–Crippen LogP) is 1.52. The minimum absolute atomic E-state index is 0.349. The zero-order chi connectivity index (χ0) is 11.8. The topological polar surface area (TPSA) is 49.4 Å². The Hall–Kier alpha value is -1.29. The molecule has 0 aliphatic carbocycles. The van der Waals surface area contributed by atoms with Gasteiger partial charge in [0.05, 0.1) is 0 Å². The van der Waals surface area contributed by atoms with Gasteiger partial charge in [-0.3, -0.25) is 10.1 Å². The van der Waals surface area contributed by atoms with Crippen molar-refractivity contribution >= 4 is 23.5 Å². The van der Waals surface area contributed by atoms with Crippen molar-refractivity contribution in [2.24, 2.45) is 0 Å². The molecule has 0 bridgehead atoms. The maximum Gasteiger partial charge on any atom is 0.324 e. The molecule has 0 radical (unpaired) electrons. The van der Waals surface area contributed by atoms with Crippen LogP contribution >= 0.6 is 11.6 Å². The van der Waals surface area contributed by atoms with Crippen LogP contribution in [-0.2, 0) is 4.79 Å².